The molecular weight excluding hydrogens is 302 g/mol. The molecule has 0 bridgehead atoms. The molecule has 1 aromatic carbocycles. The molecule has 0 saturated carbocycles. The van der Waals surface area contributed by atoms with Crippen molar-refractivity contribution in [2.75, 3.05) is 13.1 Å². The molecule has 0 aliphatic carbocycles. The molecule has 2 aromatic rings. The monoisotopic (exact) mass is 325 g/mol. The first kappa shape index (κ1) is 16.4. The topological polar surface area (TPSA) is 55.2 Å². The Hall–Kier alpha value is -2.43. The molecule has 2 heterocycles. The van der Waals surface area contributed by atoms with Crippen LogP contribution in [0.5, 0.6) is 0 Å². The Morgan fingerprint density at radius 2 is 1.92 bits per heavy atom. The van der Waals surface area contributed by atoms with Gasteiger partial charge in [0.15, 0.2) is 5.78 Å². The van der Waals surface area contributed by atoms with Gasteiger partial charge in [-0.05, 0) is 26.3 Å². The highest BCUT2D eigenvalue weighted by atomic mass is 16.2. The Morgan fingerprint density at radius 1 is 1.17 bits per heavy atom. The van der Waals surface area contributed by atoms with Gasteiger partial charge in [-0.15, -0.1) is 0 Å². The number of hydrogen-bond donors (Lipinski definition) is 0. The van der Waals surface area contributed by atoms with Crippen molar-refractivity contribution in [2.45, 2.75) is 39.2 Å². The molecule has 1 aliphatic rings. The summed E-state index contributed by atoms with van der Waals surface area (Å²) in [5, 5.41) is 4.52. The van der Waals surface area contributed by atoms with Crippen molar-refractivity contribution >= 4 is 11.7 Å². The van der Waals surface area contributed by atoms with Crippen LogP contribution in [0.1, 0.15) is 47.1 Å². The van der Waals surface area contributed by atoms with Crippen LogP contribution in [0.15, 0.2) is 36.4 Å². The van der Waals surface area contributed by atoms with Crippen LogP contribution >= 0.6 is 0 Å². The van der Waals surface area contributed by atoms with Gasteiger partial charge in [0.25, 0.3) is 0 Å². The number of nitrogens with zero attached hydrogens (tertiary/aromatic N) is 3. The van der Waals surface area contributed by atoms with Crippen LogP contribution in [-0.2, 0) is 4.79 Å². The van der Waals surface area contributed by atoms with Crippen molar-refractivity contribution in [3.05, 3.63) is 53.3 Å². The van der Waals surface area contributed by atoms with E-state index in [1.165, 1.54) is 0 Å². The summed E-state index contributed by atoms with van der Waals surface area (Å²) in [5.74, 6) is 0.0848. The molecule has 1 saturated heterocycles. The highest BCUT2D eigenvalue weighted by Gasteiger charge is 2.28. The predicted molar refractivity (Wildman–Crippen MR) is 91.9 cm³/mol. The minimum atomic E-state index is 0.0262. The third kappa shape index (κ3) is 3.55. The van der Waals surface area contributed by atoms with Crippen molar-refractivity contribution in [1.29, 1.82) is 0 Å². The first-order chi connectivity index (χ1) is 11.5. The summed E-state index contributed by atoms with van der Waals surface area (Å²) >= 11 is 0. The third-order valence-electron chi connectivity index (χ3n) is 4.57. The summed E-state index contributed by atoms with van der Waals surface area (Å²) < 4.78 is 2.03. The Morgan fingerprint density at radius 3 is 2.58 bits per heavy atom. The minimum Gasteiger partial charge on any atom is -0.340 e. The maximum Gasteiger partial charge on any atom is 0.223 e. The number of benzene rings is 1. The van der Waals surface area contributed by atoms with Gasteiger partial charge >= 0.3 is 0 Å². The molecule has 0 radical (unpaired) electrons. The van der Waals surface area contributed by atoms with Gasteiger partial charge in [0, 0.05) is 37.2 Å². The molecule has 126 valence electrons. The lowest BCUT2D eigenvalue weighted by Crippen LogP contribution is -2.29. The van der Waals surface area contributed by atoms with Gasteiger partial charge in [-0.2, -0.15) is 5.10 Å². The van der Waals surface area contributed by atoms with E-state index in [0.29, 0.717) is 12.1 Å². The smallest absolute Gasteiger partial charge is 0.223 e. The van der Waals surface area contributed by atoms with Crippen molar-refractivity contribution in [1.82, 2.24) is 14.7 Å². The van der Waals surface area contributed by atoms with Crippen molar-refractivity contribution < 1.29 is 9.59 Å². The van der Waals surface area contributed by atoms with Gasteiger partial charge in [-0.3, -0.25) is 14.3 Å². The van der Waals surface area contributed by atoms with Crippen LogP contribution in [0.2, 0.25) is 0 Å². The molecule has 5 nitrogen and oxygen atoms in total. The summed E-state index contributed by atoms with van der Waals surface area (Å²) in [7, 11) is 0. The molecular formula is C19H23N3O2. The van der Waals surface area contributed by atoms with E-state index in [1.807, 2.05) is 41.6 Å². The van der Waals surface area contributed by atoms with Gasteiger partial charge in [-0.1, -0.05) is 30.3 Å². The molecule has 1 unspecified atom stereocenters. The van der Waals surface area contributed by atoms with Crippen molar-refractivity contribution in [3.63, 3.8) is 0 Å². The Balaban J connectivity index is 1.53. The molecule has 0 spiro atoms. The number of amides is 1. The summed E-state index contributed by atoms with van der Waals surface area (Å²) in [6.07, 6.45) is 1.46. The van der Waals surface area contributed by atoms with Crippen molar-refractivity contribution in [2.24, 2.45) is 0 Å². The second-order valence-electron chi connectivity index (χ2n) is 6.44. The fourth-order valence-corrected chi connectivity index (χ4v) is 3.33. The lowest BCUT2D eigenvalue weighted by Gasteiger charge is -2.17. The summed E-state index contributed by atoms with van der Waals surface area (Å²) in [5.41, 5.74) is 2.81. The summed E-state index contributed by atoms with van der Waals surface area (Å²) in [6.45, 7) is 5.45. The summed E-state index contributed by atoms with van der Waals surface area (Å²) in [6, 6.07) is 11.5. The maximum atomic E-state index is 12.4. The molecule has 3 rings (SSSR count). The molecule has 1 amide bonds. The van der Waals surface area contributed by atoms with E-state index in [4.69, 9.17) is 0 Å². The predicted octanol–water partition coefficient (Wildman–Crippen LogP) is 2.94. The Kier molecular flexibility index (Phi) is 4.79. The zero-order chi connectivity index (χ0) is 17.1. The molecule has 1 fully saturated rings. The standard InChI is InChI=1S/C19H23N3O2/c1-14-12-15(2)22(20-14)17-10-11-21(13-17)19(24)9-8-18(23)16-6-4-3-5-7-16/h3-7,12,17H,8-11,13H2,1-2H3. The van der Waals surface area contributed by atoms with Crippen LogP contribution in [0.25, 0.3) is 0 Å². The lowest BCUT2D eigenvalue weighted by molar-refractivity contribution is -0.130. The first-order valence-corrected chi connectivity index (χ1v) is 8.43. The first-order valence-electron chi connectivity index (χ1n) is 8.43. The van der Waals surface area contributed by atoms with E-state index < -0.39 is 0 Å². The van der Waals surface area contributed by atoms with E-state index in [2.05, 4.69) is 11.2 Å². The molecule has 1 atom stereocenters. The largest absolute Gasteiger partial charge is 0.340 e. The van der Waals surface area contributed by atoms with E-state index in [9.17, 15) is 9.59 Å². The fourth-order valence-electron chi connectivity index (χ4n) is 3.33. The number of rotatable bonds is 5. The summed E-state index contributed by atoms with van der Waals surface area (Å²) in [4.78, 5) is 26.4. The number of hydrogen-bond acceptors (Lipinski definition) is 3. The fraction of sp³-hybridized carbons (Fsp3) is 0.421. The average Bonchev–Trinajstić information content (AvgIpc) is 3.19. The van der Waals surface area contributed by atoms with Crippen molar-refractivity contribution in [3.8, 4) is 0 Å². The van der Waals surface area contributed by atoms with E-state index >= 15 is 0 Å². The average molecular weight is 325 g/mol. The molecule has 5 heteroatoms. The zero-order valence-electron chi connectivity index (χ0n) is 14.2. The maximum absolute atomic E-state index is 12.4. The van der Waals surface area contributed by atoms with Gasteiger partial charge < -0.3 is 4.90 Å². The van der Waals surface area contributed by atoms with Crippen LogP contribution in [0.4, 0.5) is 0 Å². The number of carbonyl (C=O) groups is 2. The van der Waals surface area contributed by atoms with E-state index in [-0.39, 0.29) is 30.6 Å². The van der Waals surface area contributed by atoms with E-state index in [1.54, 1.807) is 12.1 Å². The lowest BCUT2D eigenvalue weighted by atomic mass is 10.1. The Bertz CT molecular complexity index is 736. The van der Waals surface area contributed by atoms with Gasteiger partial charge in [0.05, 0.1) is 11.7 Å². The zero-order valence-corrected chi connectivity index (χ0v) is 14.2. The second-order valence-corrected chi connectivity index (χ2v) is 6.44. The minimum absolute atomic E-state index is 0.0262. The normalized spacial score (nSPS) is 17.2. The van der Waals surface area contributed by atoms with Crippen LogP contribution < -0.4 is 0 Å². The SMILES string of the molecule is Cc1cc(C)n(C2CCN(C(=O)CCC(=O)c3ccccc3)C2)n1. The number of carbonyl (C=O) groups excluding carboxylic acids is 2. The highest BCUT2D eigenvalue weighted by Crippen LogP contribution is 2.23. The number of Topliss-reactive ketones (excluding diaryl/α,β-unsaturated/α-hetero) is 1. The van der Waals surface area contributed by atoms with Crippen LogP contribution in [-0.4, -0.2) is 39.5 Å². The van der Waals surface area contributed by atoms with Crippen LogP contribution in [0, 0.1) is 13.8 Å². The molecule has 0 N–H and O–H groups in total. The van der Waals surface area contributed by atoms with Gasteiger partial charge in [0.1, 0.15) is 0 Å². The molecule has 24 heavy (non-hydrogen) atoms. The van der Waals surface area contributed by atoms with E-state index in [0.717, 1.165) is 24.4 Å². The second kappa shape index (κ2) is 6.99. The van der Waals surface area contributed by atoms with Gasteiger partial charge in [0.2, 0.25) is 5.91 Å². The number of aryl methyl sites for hydroxylation is 2. The van der Waals surface area contributed by atoms with Crippen LogP contribution in [0.3, 0.4) is 0 Å². The number of ketones is 1. The number of likely N-dealkylation sites (tertiary alicyclic amines) is 1. The molecule has 1 aliphatic heterocycles. The van der Waals surface area contributed by atoms with Gasteiger partial charge in [-0.25, -0.2) is 0 Å². The molecule has 1 aromatic heterocycles. The number of aromatic nitrogens is 2. The third-order valence-corrected chi connectivity index (χ3v) is 4.57. The quantitative estimate of drug-likeness (QED) is 0.794. The Labute approximate surface area is 142 Å². The highest BCUT2D eigenvalue weighted by molar-refractivity contribution is 5.97.